The van der Waals surface area contributed by atoms with Crippen molar-refractivity contribution in [1.82, 2.24) is 15.5 Å². The first kappa shape index (κ1) is 13.9. The molecule has 1 saturated carbocycles. The minimum absolute atomic E-state index is 0.0375. The second-order valence-corrected chi connectivity index (χ2v) is 8.29. The zero-order valence-electron chi connectivity index (χ0n) is 10.7. The number of hydrogen-bond donors (Lipinski definition) is 1. The first-order valence-corrected chi connectivity index (χ1v) is 9.28. The van der Waals surface area contributed by atoms with Gasteiger partial charge >= 0.3 is 0 Å². The van der Waals surface area contributed by atoms with Gasteiger partial charge < -0.3 is 9.73 Å². The lowest BCUT2D eigenvalue weighted by molar-refractivity contribution is -0.119. The molecule has 1 aromatic heterocycles. The summed E-state index contributed by atoms with van der Waals surface area (Å²) in [6.07, 6.45) is 2.66. The number of hydrogen-bond acceptors (Lipinski definition) is 7. The van der Waals surface area contributed by atoms with Crippen molar-refractivity contribution in [3.63, 3.8) is 0 Å². The van der Waals surface area contributed by atoms with Gasteiger partial charge in [-0.15, -0.1) is 10.2 Å². The molecule has 2 aliphatic rings. The molecule has 1 saturated heterocycles. The Hall–Kier alpha value is -1.09. The summed E-state index contributed by atoms with van der Waals surface area (Å²) in [6.45, 7) is 0. The molecule has 0 bridgehead atoms. The van der Waals surface area contributed by atoms with E-state index in [-0.39, 0.29) is 29.2 Å². The molecule has 3 rings (SSSR count). The minimum Gasteiger partial charge on any atom is -0.416 e. The molecule has 9 heteroatoms. The molecule has 0 radical (unpaired) electrons. The monoisotopic (exact) mass is 317 g/mol. The molecule has 1 aliphatic heterocycles. The van der Waals surface area contributed by atoms with Crippen LogP contribution in [-0.2, 0) is 14.6 Å². The fourth-order valence-corrected chi connectivity index (χ4v) is 4.33. The molecule has 7 nitrogen and oxygen atoms in total. The van der Waals surface area contributed by atoms with Gasteiger partial charge in [0.05, 0.1) is 17.3 Å². The number of carbonyl (C=O) groups is 1. The molecule has 0 aromatic carbocycles. The largest absolute Gasteiger partial charge is 0.416 e. The Morgan fingerprint density at radius 1 is 1.35 bits per heavy atom. The van der Waals surface area contributed by atoms with E-state index >= 15 is 0 Å². The van der Waals surface area contributed by atoms with Crippen LogP contribution in [0.15, 0.2) is 9.64 Å². The molecule has 1 amide bonds. The number of sulfone groups is 1. The molecular weight excluding hydrogens is 302 g/mol. The highest BCUT2D eigenvalue weighted by Crippen LogP contribution is 2.39. The van der Waals surface area contributed by atoms with E-state index in [1.807, 2.05) is 0 Å². The van der Waals surface area contributed by atoms with Crippen molar-refractivity contribution >= 4 is 27.5 Å². The molecule has 0 unspecified atom stereocenters. The highest BCUT2D eigenvalue weighted by Gasteiger charge is 2.30. The zero-order chi connectivity index (χ0) is 14.2. The third kappa shape index (κ3) is 3.51. The van der Waals surface area contributed by atoms with E-state index in [2.05, 4.69) is 15.5 Å². The Morgan fingerprint density at radius 3 is 2.80 bits per heavy atom. The van der Waals surface area contributed by atoms with Crippen molar-refractivity contribution in [3.8, 4) is 0 Å². The Kier molecular flexibility index (Phi) is 3.72. The van der Waals surface area contributed by atoms with E-state index in [4.69, 9.17) is 4.42 Å². The predicted octanol–water partition coefficient (Wildman–Crippen LogP) is 0.342. The lowest BCUT2D eigenvalue weighted by Crippen LogP contribution is -2.36. The van der Waals surface area contributed by atoms with Gasteiger partial charge in [-0.1, -0.05) is 11.8 Å². The van der Waals surface area contributed by atoms with Crippen molar-refractivity contribution < 1.29 is 17.6 Å². The smallest absolute Gasteiger partial charge is 0.277 e. The van der Waals surface area contributed by atoms with Gasteiger partial charge in [0.2, 0.25) is 11.8 Å². The van der Waals surface area contributed by atoms with Crippen LogP contribution in [0.4, 0.5) is 0 Å². The standard InChI is InChI=1S/C11H15N3O4S2/c15-9(12-8-3-4-20(16,17)6-8)5-19-11-14-13-10(18-11)7-1-2-7/h7-8H,1-6H2,(H,12,15)/t8-/m1/s1. The molecule has 1 N–H and O–H groups in total. The van der Waals surface area contributed by atoms with E-state index in [9.17, 15) is 13.2 Å². The molecular formula is C11H15N3O4S2. The molecule has 1 aromatic rings. The number of thioether (sulfide) groups is 1. The van der Waals surface area contributed by atoms with Gasteiger partial charge in [0.25, 0.3) is 5.22 Å². The Balaban J connectivity index is 1.44. The van der Waals surface area contributed by atoms with Crippen LogP contribution in [0, 0.1) is 0 Å². The number of amides is 1. The van der Waals surface area contributed by atoms with Crippen molar-refractivity contribution in [2.45, 2.75) is 36.4 Å². The Bertz CT molecular complexity index is 609. The molecule has 1 aliphatic carbocycles. The van der Waals surface area contributed by atoms with Crippen molar-refractivity contribution in [2.24, 2.45) is 0 Å². The van der Waals surface area contributed by atoms with Crippen LogP contribution in [-0.4, -0.2) is 47.8 Å². The van der Waals surface area contributed by atoms with Gasteiger partial charge in [-0.3, -0.25) is 4.79 Å². The van der Waals surface area contributed by atoms with Crippen LogP contribution in [0.2, 0.25) is 0 Å². The van der Waals surface area contributed by atoms with Gasteiger partial charge in [0, 0.05) is 12.0 Å². The number of carbonyl (C=O) groups excluding carboxylic acids is 1. The zero-order valence-corrected chi connectivity index (χ0v) is 12.4. The van der Waals surface area contributed by atoms with Crippen LogP contribution >= 0.6 is 11.8 Å². The van der Waals surface area contributed by atoms with E-state index in [1.54, 1.807) is 0 Å². The van der Waals surface area contributed by atoms with Crippen LogP contribution in [0.1, 0.15) is 31.1 Å². The summed E-state index contributed by atoms with van der Waals surface area (Å²) < 4.78 is 28.0. The summed E-state index contributed by atoms with van der Waals surface area (Å²) >= 11 is 1.18. The lowest BCUT2D eigenvalue weighted by Gasteiger charge is -2.09. The second-order valence-electron chi connectivity index (χ2n) is 5.14. The summed E-state index contributed by atoms with van der Waals surface area (Å²) in [4.78, 5) is 11.7. The van der Waals surface area contributed by atoms with Gasteiger partial charge in [0.1, 0.15) is 0 Å². The minimum atomic E-state index is -2.97. The molecule has 2 heterocycles. The summed E-state index contributed by atoms with van der Waals surface area (Å²) in [7, 11) is -2.97. The maximum atomic E-state index is 11.7. The topological polar surface area (TPSA) is 102 Å². The SMILES string of the molecule is O=C(CSc1nnc(C2CC2)o1)N[C@@H]1CCS(=O)(=O)C1. The fraction of sp³-hybridized carbons (Fsp3) is 0.727. The van der Waals surface area contributed by atoms with Crippen molar-refractivity contribution in [2.75, 3.05) is 17.3 Å². The summed E-state index contributed by atoms with van der Waals surface area (Å²) in [5.41, 5.74) is 0. The van der Waals surface area contributed by atoms with E-state index in [1.165, 1.54) is 11.8 Å². The maximum absolute atomic E-state index is 11.7. The van der Waals surface area contributed by atoms with Crippen molar-refractivity contribution in [1.29, 1.82) is 0 Å². The van der Waals surface area contributed by atoms with Gasteiger partial charge in [-0.2, -0.15) is 0 Å². The van der Waals surface area contributed by atoms with Crippen LogP contribution in [0.3, 0.4) is 0 Å². The second kappa shape index (κ2) is 5.36. The van der Waals surface area contributed by atoms with E-state index < -0.39 is 9.84 Å². The molecule has 1 atom stereocenters. The normalized spacial score (nSPS) is 24.7. The third-order valence-electron chi connectivity index (χ3n) is 3.27. The Morgan fingerprint density at radius 2 is 2.15 bits per heavy atom. The first-order chi connectivity index (χ1) is 9.52. The molecule has 110 valence electrons. The van der Waals surface area contributed by atoms with Gasteiger partial charge in [-0.05, 0) is 19.3 Å². The molecule has 0 spiro atoms. The first-order valence-electron chi connectivity index (χ1n) is 6.48. The summed E-state index contributed by atoms with van der Waals surface area (Å²) in [6, 6.07) is -0.266. The molecule has 20 heavy (non-hydrogen) atoms. The Labute approximate surface area is 120 Å². The third-order valence-corrected chi connectivity index (χ3v) is 5.86. The van der Waals surface area contributed by atoms with E-state index in [0.717, 1.165) is 12.8 Å². The van der Waals surface area contributed by atoms with Crippen LogP contribution in [0.25, 0.3) is 0 Å². The highest BCUT2D eigenvalue weighted by molar-refractivity contribution is 7.99. The van der Waals surface area contributed by atoms with Gasteiger partial charge in [-0.25, -0.2) is 8.42 Å². The highest BCUT2D eigenvalue weighted by atomic mass is 32.2. The van der Waals surface area contributed by atoms with Crippen LogP contribution < -0.4 is 5.32 Å². The maximum Gasteiger partial charge on any atom is 0.277 e. The summed E-state index contributed by atoms with van der Waals surface area (Å²) in [5, 5.41) is 10.9. The summed E-state index contributed by atoms with van der Waals surface area (Å²) in [5.74, 6) is 1.19. The fourth-order valence-electron chi connectivity index (χ4n) is 2.08. The van der Waals surface area contributed by atoms with Crippen LogP contribution in [0.5, 0.6) is 0 Å². The number of nitrogens with zero attached hydrogens (tertiary/aromatic N) is 2. The average Bonchev–Trinajstić information content (AvgIpc) is 3.03. The van der Waals surface area contributed by atoms with Crippen molar-refractivity contribution in [3.05, 3.63) is 5.89 Å². The number of rotatable bonds is 5. The van der Waals surface area contributed by atoms with Gasteiger partial charge in [0.15, 0.2) is 9.84 Å². The molecule has 2 fully saturated rings. The number of nitrogens with one attached hydrogen (secondary N) is 1. The lowest BCUT2D eigenvalue weighted by atomic mass is 10.3. The van der Waals surface area contributed by atoms with E-state index in [0.29, 0.717) is 23.5 Å². The quantitative estimate of drug-likeness (QED) is 0.781. The predicted molar refractivity (Wildman–Crippen MR) is 72.2 cm³/mol. The average molecular weight is 317 g/mol. The number of aromatic nitrogens is 2.